The Bertz CT molecular complexity index is 157. The molecule has 0 aliphatic heterocycles. The minimum absolute atomic E-state index is 0.481. The first-order valence-corrected chi connectivity index (χ1v) is 18.7. The molecule has 0 aromatic rings. The molecule has 0 saturated heterocycles. The van der Waals surface area contributed by atoms with Gasteiger partial charge in [0.1, 0.15) is 0 Å². The van der Waals surface area contributed by atoms with E-state index in [1.807, 2.05) is 4.31 Å². The van der Waals surface area contributed by atoms with Crippen LogP contribution < -0.4 is 5.73 Å². The van der Waals surface area contributed by atoms with Gasteiger partial charge in [0.15, 0.2) is 0 Å². The van der Waals surface area contributed by atoms with E-state index in [0.29, 0.717) is 0 Å². The average Bonchev–Trinajstić information content (AvgIpc) is 2.08. The molecule has 2 nitrogen and oxygen atoms in total. The number of hydrogen-bond donors (Lipinski definition) is 1. The van der Waals surface area contributed by atoms with Crippen molar-refractivity contribution in [2.45, 2.75) is 19.3 Å². The molecule has 1 amide bonds. The summed E-state index contributed by atoms with van der Waals surface area (Å²) >= 11 is 8.40. The van der Waals surface area contributed by atoms with Gasteiger partial charge >= 0.3 is 65.1 Å². The fraction of sp³-hybridized carbons (Fsp3) is 0.500. The summed E-state index contributed by atoms with van der Waals surface area (Å²) < 4.78 is 4.11. The van der Waals surface area contributed by atoms with Crippen molar-refractivity contribution in [1.29, 1.82) is 0 Å². The maximum atomic E-state index is 9.47. The van der Waals surface area contributed by atoms with E-state index in [1.54, 1.807) is 0 Å². The molecule has 0 bridgehead atoms. The molecular weight excluding hydrogens is 510 g/mol. The van der Waals surface area contributed by atoms with Gasteiger partial charge in [-0.3, -0.25) is 4.79 Å². The summed E-state index contributed by atoms with van der Waals surface area (Å²) in [5.41, 5.74) is 4.53. The zero-order valence-electron chi connectivity index (χ0n) is 9.29. The number of carbonyl (C=O) groups excluding carboxylic acids is 1. The molecular formula is C8H17HgNOS2Sn. The molecule has 0 atom stereocenters. The molecule has 0 aliphatic carbocycles. The molecule has 0 unspecified atom stereocenters. The molecule has 0 saturated carbocycles. The molecule has 78 valence electrons. The van der Waals surface area contributed by atoms with Gasteiger partial charge in [-0.25, -0.2) is 0 Å². The van der Waals surface area contributed by atoms with Gasteiger partial charge in [0.25, 0.3) is 0 Å². The maximum absolute atomic E-state index is 9.47. The molecule has 0 aliphatic rings. The monoisotopic (exact) mass is 529 g/mol. The summed E-state index contributed by atoms with van der Waals surface area (Å²) in [6.07, 6.45) is 1.06. The minimum atomic E-state index is -0.543. The second kappa shape index (κ2) is 29.2. The van der Waals surface area contributed by atoms with Crippen LogP contribution in [0.5, 0.6) is 0 Å². The fourth-order valence-electron chi connectivity index (χ4n) is 0. The average molecular weight is 527 g/mol. The van der Waals surface area contributed by atoms with E-state index in [2.05, 4.69) is 56.0 Å². The Balaban J connectivity index is -0.0000000505. The predicted molar refractivity (Wildman–Crippen MR) is 68.8 cm³/mol. The summed E-state index contributed by atoms with van der Waals surface area (Å²) in [5, 5.41) is 0. The summed E-state index contributed by atoms with van der Waals surface area (Å²) in [4.78, 5) is 16.6. The Morgan fingerprint density at radius 3 is 1.50 bits per heavy atom. The van der Waals surface area contributed by atoms with Crippen molar-refractivity contribution in [2.24, 2.45) is 5.73 Å². The van der Waals surface area contributed by atoms with Crippen LogP contribution in [-0.4, -0.2) is 30.0 Å². The number of nitrogens with two attached hydrogens (primary N) is 1. The summed E-state index contributed by atoms with van der Waals surface area (Å²) in [5.74, 6) is -0.481. The standard InChI is InChI=1S/C3H5NO.CS2.4CH3.Hg.Sn/c1-2-3(4)5;2-1-3;;;;;;/h2H,1H2,(H2,4,5);;4*1H3;;. The summed E-state index contributed by atoms with van der Waals surface area (Å²) in [7, 11) is 0. The van der Waals surface area contributed by atoms with Gasteiger partial charge in [-0.05, 0) is 30.5 Å². The third-order valence-corrected chi connectivity index (χ3v) is 0.201. The van der Waals surface area contributed by atoms with Gasteiger partial charge in [-0.1, -0.05) is 6.58 Å². The van der Waals surface area contributed by atoms with Crippen molar-refractivity contribution in [3.63, 3.8) is 0 Å². The van der Waals surface area contributed by atoms with Crippen molar-refractivity contribution in [2.75, 3.05) is 0 Å². The zero-order chi connectivity index (χ0) is 12.6. The third-order valence-electron chi connectivity index (χ3n) is 0.201. The first-order valence-electron chi connectivity index (χ1n) is 3.81. The Labute approximate surface area is 121 Å². The van der Waals surface area contributed by atoms with E-state index in [4.69, 9.17) is 0 Å². The molecule has 0 heterocycles. The van der Waals surface area contributed by atoms with Crippen LogP contribution in [0.25, 0.3) is 0 Å². The second-order valence-electron chi connectivity index (χ2n) is 2.19. The Hall–Kier alpha value is 1.16. The number of rotatable bonds is 1. The van der Waals surface area contributed by atoms with Gasteiger partial charge < -0.3 is 5.73 Å². The third kappa shape index (κ3) is 195. The van der Waals surface area contributed by atoms with Crippen LogP contribution in [0.15, 0.2) is 12.7 Å². The van der Waals surface area contributed by atoms with Gasteiger partial charge in [0.05, 0.1) is 0 Å². The molecule has 0 aromatic heterocycles. The predicted octanol–water partition coefficient (Wildman–Crippen LogP) is 2.63. The van der Waals surface area contributed by atoms with Crippen LogP contribution in [0, 0.1) is 0 Å². The number of primary amides is 1. The normalized spacial score (nSPS) is 5.93. The number of thiocarbonyl (C=S) groups is 2. The van der Waals surface area contributed by atoms with Gasteiger partial charge in [0.2, 0.25) is 5.91 Å². The Morgan fingerprint density at radius 2 is 1.50 bits per heavy atom. The second-order valence-corrected chi connectivity index (χ2v) is 11.4. The van der Waals surface area contributed by atoms with Crippen LogP contribution in [0.3, 0.4) is 0 Å². The molecule has 14 heavy (non-hydrogen) atoms. The summed E-state index contributed by atoms with van der Waals surface area (Å²) in [6.45, 7) is 3.09. The van der Waals surface area contributed by atoms with Crippen LogP contribution >= 0.6 is 24.4 Å². The van der Waals surface area contributed by atoms with Crippen molar-refractivity contribution in [1.82, 2.24) is 0 Å². The molecule has 1 radical (unpaired) electrons. The van der Waals surface area contributed by atoms with E-state index in [9.17, 15) is 4.79 Å². The van der Waals surface area contributed by atoms with Crippen molar-refractivity contribution >= 4 is 54.4 Å². The van der Waals surface area contributed by atoms with Gasteiger partial charge in [-0.2, -0.15) is 0 Å². The first kappa shape index (κ1) is 24.4. The molecule has 0 spiro atoms. The van der Waals surface area contributed by atoms with E-state index in [-0.39, 0.29) is 0 Å². The van der Waals surface area contributed by atoms with Crippen LogP contribution in [0.2, 0.25) is 19.3 Å². The molecule has 2 N–H and O–H groups in total. The van der Waals surface area contributed by atoms with E-state index in [1.165, 1.54) is 0 Å². The number of carbonyl (C=O) groups is 1. The van der Waals surface area contributed by atoms with Gasteiger partial charge in [0, 0.05) is 4.31 Å². The van der Waals surface area contributed by atoms with Crippen molar-refractivity contribution in [3.05, 3.63) is 12.7 Å². The van der Waals surface area contributed by atoms with Crippen LogP contribution in [-0.2, 0) is 30.9 Å². The van der Waals surface area contributed by atoms with E-state index in [0.717, 1.165) is 32.2 Å². The van der Waals surface area contributed by atoms with Crippen molar-refractivity contribution < 1.29 is 30.9 Å². The fourth-order valence-corrected chi connectivity index (χ4v) is 0. The Morgan fingerprint density at radius 1 is 1.43 bits per heavy atom. The van der Waals surface area contributed by atoms with Crippen molar-refractivity contribution in [3.8, 4) is 0 Å². The molecule has 0 rings (SSSR count). The molecule has 0 fully saturated rings. The number of hydrogen-bond acceptors (Lipinski definition) is 3. The number of amides is 1. The quantitative estimate of drug-likeness (QED) is 0.325. The zero-order valence-corrected chi connectivity index (χ0v) is 19.3. The summed E-state index contributed by atoms with van der Waals surface area (Å²) in [6, 6.07) is 0. The molecule has 0 aromatic carbocycles. The van der Waals surface area contributed by atoms with E-state index >= 15 is 0 Å². The Kier molecular flexibility index (Phi) is 51.0. The van der Waals surface area contributed by atoms with Gasteiger partial charge in [-0.15, -0.1) is 0 Å². The SMILES string of the molecule is C=CC(N)=O.S=C=S.[CH3][Hg].[CH3][Sn]([CH3])[CH3]. The first-order chi connectivity index (χ1) is 6.42. The topological polar surface area (TPSA) is 43.1 Å². The van der Waals surface area contributed by atoms with Crippen LogP contribution in [0.4, 0.5) is 0 Å². The van der Waals surface area contributed by atoms with E-state index < -0.39 is 25.7 Å². The van der Waals surface area contributed by atoms with Crippen LogP contribution in [0.1, 0.15) is 0 Å². The molecule has 6 heteroatoms.